The molecule has 0 fully saturated rings. The Morgan fingerprint density at radius 3 is 1.06 bits per heavy atom. The number of nitrogens with zero attached hydrogens (tertiary/aromatic N) is 2. The molecule has 2 nitrogen and oxygen atoms in total. The van der Waals surface area contributed by atoms with Gasteiger partial charge in [0.2, 0.25) is 0 Å². The van der Waals surface area contributed by atoms with E-state index in [2.05, 4.69) is 425 Å². The molecule has 2 spiro atoms. The maximum absolute atomic E-state index is 2.58. The van der Waals surface area contributed by atoms with Gasteiger partial charge in [-0.15, -0.1) is 0 Å². The first-order valence-corrected chi connectivity index (χ1v) is 41.1. The number of hydrogen-bond acceptors (Lipinski definition) is 2. The highest BCUT2D eigenvalue weighted by atomic mass is 15.2. The van der Waals surface area contributed by atoms with E-state index in [1.165, 1.54) is 194 Å². The third kappa shape index (κ3) is 8.75. The van der Waals surface area contributed by atoms with Crippen LogP contribution in [-0.2, 0) is 28.1 Å². The average molecular weight is 1470 g/mol. The minimum Gasteiger partial charge on any atom is -0.310 e. The van der Waals surface area contributed by atoms with Gasteiger partial charge < -0.3 is 9.80 Å². The highest BCUT2D eigenvalue weighted by molar-refractivity contribution is 6.26. The summed E-state index contributed by atoms with van der Waals surface area (Å²) >= 11 is 0. The molecule has 116 heavy (non-hydrogen) atoms. The van der Waals surface area contributed by atoms with Crippen molar-refractivity contribution in [3.63, 3.8) is 0 Å². The first kappa shape index (κ1) is 65.4. The van der Waals surface area contributed by atoms with E-state index in [0.717, 1.165) is 40.5 Å². The predicted octanol–water partition coefficient (Wildman–Crippen LogP) is 29.4. The Kier molecular flexibility index (Phi) is 13.5. The molecule has 0 heterocycles. The van der Waals surface area contributed by atoms with Gasteiger partial charge in [0.1, 0.15) is 0 Å². The minimum atomic E-state index is -0.498. The molecule has 0 aliphatic heterocycles. The van der Waals surface area contributed by atoms with Crippen LogP contribution in [0.1, 0.15) is 93.1 Å². The summed E-state index contributed by atoms with van der Waals surface area (Å²) in [6, 6.07) is 151. The zero-order chi connectivity index (χ0) is 76.5. The second kappa shape index (κ2) is 23.9. The molecule has 0 bridgehead atoms. The van der Waals surface area contributed by atoms with Gasteiger partial charge in [-0.3, -0.25) is 0 Å². The second-order valence-electron chi connectivity index (χ2n) is 33.9. The van der Waals surface area contributed by atoms with E-state index >= 15 is 0 Å². The average Bonchev–Trinajstić information content (AvgIpc) is 1.51. The summed E-state index contributed by atoms with van der Waals surface area (Å²) in [5.41, 5.74) is 43.1. The van der Waals surface area contributed by atoms with Gasteiger partial charge in [0.15, 0.2) is 0 Å². The molecule has 1 unspecified atom stereocenters. The fraction of sp³-hybridized carbons (Fsp3) is 0.0702. The van der Waals surface area contributed by atoms with Crippen molar-refractivity contribution < 1.29 is 0 Å². The van der Waals surface area contributed by atoms with Gasteiger partial charge >= 0.3 is 0 Å². The fourth-order valence-electron chi connectivity index (χ4n) is 22.9. The summed E-state index contributed by atoms with van der Waals surface area (Å²) in [6.07, 6.45) is 0.833. The second-order valence-corrected chi connectivity index (χ2v) is 33.9. The van der Waals surface area contributed by atoms with Gasteiger partial charge in [0.05, 0.1) is 16.5 Å². The van der Waals surface area contributed by atoms with Crippen LogP contribution in [0.4, 0.5) is 34.1 Å². The lowest BCUT2D eigenvalue weighted by Gasteiger charge is -2.33. The molecule has 6 aliphatic carbocycles. The molecule has 0 N–H and O–H groups in total. The molecular weight excluding hydrogens is 1400 g/mol. The highest BCUT2D eigenvalue weighted by Crippen LogP contribution is 2.66. The van der Waals surface area contributed by atoms with Crippen LogP contribution in [0.2, 0.25) is 0 Å². The summed E-state index contributed by atoms with van der Waals surface area (Å²) in [6.45, 7) is 7.23. The lowest BCUT2D eigenvalue weighted by Crippen LogP contribution is -2.26. The summed E-state index contributed by atoms with van der Waals surface area (Å²) in [5, 5.41) is 7.62. The maximum Gasteiger partial charge on any atom is 0.0726 e. The molecule has 0 saturated heterocycles. The molecule has 2 heteroatoms. The molecule has 1 atom stereocenters. The first-order chi connectivity index (χ1) is 57.1. The van der Waals surface area contributed by atoms with Crippen LogP contribution in [0.15, 0.2) is 394 Å². The number of benzene rings is 19. The molecule has 542 valence electrons. The van der Waals surface area contributed by atoms with Crippen molar-refractivity contribution in [2.45, 2.75) is 48.9 Å². The van der Waals surface area contributed by atoms with E-state index in [1.807, 2.05) is 0 Å². The summed E-state index contributed by atoms with van der Waals surface area (Å²) < 4.78 is 0. The van der Waals surface area contributed by atoms with Crippen molar-refractivity contribution in [3.8, 4) is 89.0 Å². The Labute approximate surface area is 676 Å². The van der Waals surface area contributed by atoms with Gasteiger partial charge in [-0.2, -0.15) is 0 Å². The number of hydrogen-bond donors (Lipinski definition) is 0. The molecule has 19 aromatic rings. The third-order valence-electron chi connectivity index (χ3n) is 27.9. The van der Waals surface area contributed by atoms with Crippen molar-refractivity contribution in [3.05, 3.63) is 467 Å². The van der Waals surface area contributed by atoms with Crippen molar-refractivity contribution in [2.24, 2.45) is 0 Å². The lowest BCUT2D eigenvalue weighted by molar-refractivity contribution is 0.583. The molecule has 0 radical (unpaired) electrons. The van der Waals surface area contributed by atoms with E-state index in [-0.39, 0.29) is 10.8 Å². The molecule has 6 aliphatic rings. The Balaban J connectivity index is 0.565. The summed E-state index contributed by atoms with van der Waals surface area (Å²) in [7, 11) is 0. The third-order valence-corrected chi connectivity index (χ3v) is 27.9. The Bertz CT molecular complexity index is 7290. The topological polar surface area (TPSA) is 6.48 Å². The Morgan fingerprint density at radius 2 is 0.543 bits per heavy atom. The molecule has 25 rings (SSSR count). The van der Waals surface area contributed by atoms with Gasteiger partial charge in [-0.05, 0) is 261 Å². The van der Waals surface area contributed by atoms with E-state index in [1.54, 1.807) is 0 Å². The van der Waals surface area contributed by atoms with Gasteiger partial charge in [0, 0.05) is 44.7 Å². The molecule has 0 aromatic heterocycles. The molecule has 0 amide bonds. The number of fused-ring (bicyclic) bond motifs is 26. The van der Waals surface area contributed by atoms with Crippen LogP contribution in [0.5, 0.6) is 0 Å². The van der Waals surface area contributed by atoms with E-state index in [4.69, 9.17) is 0 Å². The largest absolute Gasteiger partial charge is 0.310 e. The molecular formula is C114H76N2. The molecule has 0 saturated carbocycles. The van der Waals surface area contributed by atoms with Crippen molar-refractivity contribution in [1.29, 1.82) is 0 Å². The Morgan fingerprint density at radius 1 is 0.207 bits per heavy atom. The van der Waals surface area contributed by atoms with Crippen LogP contribution in [0, 0.1) is 0 Å². The number of anilines is 6. The van der Waals surface area contributed by atoms with Crippen LogP contribution in [0.3, 0.4) is 0 Å². The van der Waals surface area contributed by atoms with E-state index in [9.17, 15) is 0 Å². The van der Waals surface area contributed by atoms with Crippen LogP contribution >= 0.6 is 0 Å². The normalized spacial score (nSPS) is 15.5. The van der Waals surface area contributed by atoms with Crippen molar-refractivity contribution in [2.75, 3.05) is 9.80 Å². The lowest BCUT2D eigenvalue weighted by atomic mass is 9.70. The van der Waals surface area contributed by atoms with Crippen molar-refractivity contribution >= 4 is 66.4 Å². The van der Waals surface area contributed by atoms with E-state index < -0.39 is 10.8 Å². The standard InChI is InChI=1S/C114H76N2/c1-111(2)96-34-12-4-32-89(96)94-65-79(56-61-97(94)111)115(81-54-59-91-87-30-10-18-40-104(87)113(106(91)67-81)100-36-14-6-26-83(100)84-27-7-15-37-101(84)113)78-52-48-72(49-53-78)71-42-44-73(45-43-71)77-25-20-22-70(64-77)69-112(3)98-35-13-5-33-90(98)95-66-80(57-62-99(95)112)116(108-63-51-76-47-46-74-23-21-24-75-50-58-93(108)110(76)109(74)75)82-55-60-92-88-31-11-19-41-105(88)114(107(92)68-82)102-38-16-8-28-85(102)86-29-9-17-39-103(86)114/h4-68H,69H2,1-3H3. The number of rotatable bonds is 10. The Hall–Kier alpha value is -14.2. The van der Waals surface area contributed by atoms with Crippen LogP contribution < -0.4 is 9.80 Å². The highest BCUT2D eigenvalue weighted by Gasteiger charge is 2.54. The van der Waals surface area contributed by atoms with Gasteiger partial charge in [-0.25, -0.2) is 0 Å². The van der Waals surface area contributed by atoms with Crippen LogP contribution in [-0.4, -0.2) is 0 Å². The fourth-order valence-corrected chi connectivity index (χ4v) is 22.9. The molecule has 19 aromatic carbocycles. The first-order valence-electron chi connectivity index (χ1n) is 41.1. The zero-order valence-electron chi connectivity index (χ0n) is 64.6. The quantitative estimate of drug-likeness (QED) is 0.126. The predicted molar refractivity (Wildman–Crippen MR) is 483 cm³/mol. The van der Waals surface area contributed by atoms with Gasteiger partial charge in [0.25, 0.3) is 0 Å². The maximum atomic E-state index is 2.58. The van der Waals surface area contributed by atoms with Crippen LogP contribution in [0.25, 0.3) is 121 Å². The minimum absolute atomic E-state index is 0.116. The monoisotopic (exact) mass is 1470 g/mol. The summed E-state index contributed by atoms with van der Waals surface area (Å²) in [4.78, 5) is 5.08. The zero-order valence-corrected chi connectivity index (χ0v) is 64.6. The van der Waals surface area contributed by atoms with Crippen molar-refractivity contribution in [1.82, 2.24) is 0 Å². The SMILES string of the molecule is CC1(C)c2ccccc2-c2cc(N(c3ccc(-c4ccc(-c5cccc(CC6(C)c7ccccc7-c7cc(N(c8ccc9c(c8)C8(c%10ccccc%10-c%10ccccc%108)c8ccccc8-9)c8ccc9ccc%10cccc%11ccc8c9c%10%11)ccc76)c5)cc4)cc3)c3ccc4c(c3)C3(c5ccccc5-c5ccccc53)c3ccccc3-4)ccc21. The summed E-state index contributed by atoms with van der Waals surface area (Å²) in [5.74, 6) is 0. The smallest absolute Gasteiger partial charge is 0.0726 e. The van der Waals surface area contributed by atoms with E-state index in [0.29, 0.717) is 0 Å². The van der Waals surface area contributed by atoms with Gasteiger partial charge in [-0.1, -0.05) is 348 Å².